The van der Waals surface area contributed by atoms with Crippen LogP contribution < -0.4 is 61.2 Å². The van der Waals surface area contributed by atoms with Crippen LogP contribution >= 0.6 is 0 Å². The molecule has 1 rings (SSSR count). The first kappa shape index (κ1) is 18.5. The minimum absolute atomic E-state index is 0. The fourth-order valence-corrected chi connectivity index (χ4v) is 1.25. The Labute approximate surface area is 155 Å². The van der Waals surface area contributed by atoms with Gasteiger partial charge in [0.1, 0.15) is 11.7 Å². The summed E-state index contributed by atoms with van der Waals surface area (Å²) in [4.78, 5) is 21.0. The summed E-state index contributed by atoms with van der Waals surface area (Å²) in [6.07, 6.45) is 4.48. The van der Waals surface area contributed by atoms with Gasteiger partial charge in [-0.25, -0.2) is 0 Å². The van der Waals surface area contributed by atoms with E-state index in [4.69, 9.17) is 4.74 Å². The maximum atomic E-state index is 10.8. The molecule has 1 aromatic carbocycles. The normalized spacial score (nSPS) is 9.95. The Morgan fingerprint density at radius 2 is 1.89 bits per heavy atom. The average Bonchev–Trinajstić information content (AvgIpc) is 2.37. The van der Waals surface area contributed by atoms with Crippen LogP contribution in [0, 0.1) is 0 Å². The van der Waals surface area contributed by atoms with Crippen LogP contribution in [0.3, 0.4) is 0 Å². The molecule has 0 bridgehead atoms. The van der Waals surface area contributed by atoms with E-state index >= 15 is 0 Å². The van der Waals surface area contributed by atoms with E-state index in [1.807, 2.05) is 0 Å². The molecule has 0 aliphatic rings. The number of ether oxygens (including phenoxy) is 1. The largest absolute Gasteiger partial charge is 1.00 e. The first-order valence-electron chi connectivity index (χ1n) is 5.79. The molecule has 0 atom stereocenters. The predicted octanol–water partition coefficient (Wildman–Crippen LogP) is -1.80. The summed E-state index contributed by atoms with van der Waals surface area (Å²) < 4.78 is 5.47. The topological polar surface area (TPSA) is 66.4 Å². The second-order valence-corrected chi connectivity index (χ2v) is 3.76. The molecule has 1 aromatic rings. The Hall–Kier alpha value is -0.464. The molecule has 0 unspecified atom stereocenters. The van der Waals surface area contributed by atoms with Gasteiger partial charge < -0.3 is 14.6 Å². The third-order valence-electron chi connectivity index (χ3n) is 2.28. The molecule has 0 saturated heterocycles. The van der Waals surface area contributed by atoms with Crippen molar-refractivity contribution in [1.29, 1.82) is 0 Å². The molecular weight excluding hydrogens is 271 g/mol. The van der Waals surface area contributed by atoms with Gasteiger partial charge in [-0.3, -0.25) is 4.79 Å². The number of carbonyl (C=O) groups is 2. The van der Waals surface area contributed by atoms with E-state index in [1.54, 1.807) is 24.3 Å². The summed E-state index contributed by atoms with van der Waals surface area (Å²) in [6.45, 7) is 2.76. The number of ketones is 1. The minimum Gasteiger partial charge on any atom is -0.541 e. The van der Waals surface area contributed by atoms with Gasteiger partial charge in [-0.2, -0.15) is 0 Å². The third kappa shape index (κ3) is 7.64. The number of aliphatic carboxylic acids is 1. The van der Waals surface area contributed by atoms with E-state index in [2.05, 4.69) is 6.92 Å². The SMILES string of the molecule is CCCCOc1ccc(/C=C/C(=O)C(=O)[O-])cc1.[K+]. The third-order valence-corrected chi connectivity index (χ3v) is 2.28. The Balaban J connectivity index is 0.00000324. The number of carboxylic acid groups (broad SMARTS) is 1. The van der Waals surface area contributed by atoms with Crippen molar-refractivity contribution in [2.24, 2.45) is 0 Å². The number of carboxylic acids is 1. The van der Waals surface area contributed by atoms with Crippen LogP contribution in [0.15, 0.2) is 30.3 Å². The van der Waals surface area contributed by atoms with E-state index in [-0.39, 0.29) is 51.4 Å². The standard InChI is InChI=1S/C14H16O4.K/c1-2-3-10-18-12-7-4-11(5-8-12)6-9-13(15)14(16)17;/h4-9H,2-3,10H2,1H3,(H,16,17);/q;+1/p-1/b9-6+;. The van der Waals surface area contributed by atoms with Crippen LogP contribution in [0.2, 0.25) is 0 Å². The van der Waals surface area contributed by atoms with Crippen LogP contribution in [0.5, 0.6) is 5.75 Å². The average molecular weight is 286 g/mol. The van der Waals surface area contributed by atoms with Gasteiger partial charge in [0.05, 0.1) is 6.61 Å². The van der Waals surface area contributed by atoms with E-state index in [9.17, 15) is 14.7 Å². The molecule has 96 valence electrons. The monoisotopic (exact) mass is 286 g/mol. The Bertz CT molecular complexity index is 437. The second kappa shape index (κ2) is 10.3. The van der Waals surface area contributed by atoms with Crippen molar-refractivity contribution in [1.82, 2.24) is 0 Å². The van der Waals surface area contributed by atoms with Crippen molar-refractivity contribution in [2.75, 3.05) is 6.61 Å². The maximum absolute atomic E-state index is 10.8. The van der Waals surface area contributed by atoms with Gasteiger partial charge in [0.15, 0.2) is 0 Å². The molecule has 0 aliphatic carbocycles. The molecule has 0 N–H and O–H groups in total. The molecule has 0 aliphatic heterocycles. The zero-order valence-electron chi connectivity index (χ0n) is 11.2. The molecule has 0 aromatic heterocycles. The molecule has 4 nitrogen and oxygen atoms in total. The van der Waals surface area contributed by atoms with E-state index < -0.39 is 11.8 Å². The number of benzene rings is 1. The van der Waals surface area contributed by atoms with Crippen molar-refractivity contribution in [3.05, 3.63) is 35.9 Å². The summed E-state index contributed by atoms with van der Waals surface area (Å²) in [5.41, 5.74) is 0.729. The Morgan fingerprint density at radius 3 is 2.42 bits per heavy atom. The molecule has 0 heterocycles. The molecule has 19 heavy (non-hydrogen) atoms. The van der Waals surface area contributed by atoms with Gasteiger partial charge in [-0.1, -0.05) is 31.6 Å². The molecule has 0 saturated carbocycles. The van der Waals surface area contributed by atoms with Gasteiger partial charge in [-0.15, -0.1) is 0 Å². The fraction of sp³-hybridized carbons (Fsp3) is 0.286. The Kier molecular flexibility index (Phi) is 10.1. The minimum atomic E-state index is -1.70. The van der Waals surface area contributed by atoms with Gasteiger partial charge in [-0.05, 0) is 30.2 Å². The van der Waals surface area contributed by atoms with Gasteiger partial charge in [0, 0.05) is 0 Å². The van der Waals surface area contributed by atoms with Crippen molar-refractivity contribution in [2.45, 2.75) is 19.8 Å². The summed E-state index contributed by atoms with van der Waals surface area (Å²) >= 11 is 0. The molecule has 5 heteroatoms. The number of unbranched alkanes of at least 4 members (excludes halogenated alkanes) is 1. The van der Waals surface area contributed by atoms with Crippen molar-refractivity contribution < 1.29 is 70.8 Å². The van der Waals surface area contributed by atoms with E-state index in [0.717, 1.165) is 30.2 Å². The van der Waals surface area contributed by atoms with Crippen LogP contribution in [-0.2, 0) is 9.59 Å². The molecule has 0 radical (unpaired) electrons. The van der Waals surface area contributed by atoms with Crippen LogP contribution in [0.4, 0.5) is 0 Å². The molecule has 0 spiro atoms. The van der Waals surface area contributed by atoms with Crippen LogP contribution in [0.25, 0.3) is 6.08 Å². The second-order valence-electron chi connectivity index (χ2n) is 3.76. The molecular formula is C14H15KO4. The van der Waals surface area contributed by atoms with E-state index in [0.29, 0.717) is 6.61 Å². The quantitative estimate of drug-likeness (QED) is 0.257. The summed E-state index contributed by atoms with van der Waals surface area (Å²) in [6, 6.07) is 7.05. The van der Waals surface area contributed by atoms with Crippen LogP contribution in [0.1, 0.15) is 25.3 Å². The fourth-order valence-electron chi connectivity index (χ4n) is 1.25. The molecule has 0 amide bonds. The predicted molar refractivity (Wildman–Crippen MR) is 65.9 cm³/mol. The van der Waals surface area contributed by atoms with Gasteiger partial charge >= 0.3 is 51.4 Å². The van der Waals surface area contributed by atoms with Gasteiger partial charge in [0.25, 0.3) is 0 Å². The first-order valence-corrected chi connectivity index (χ1v) is 5.79. The zero-order valence-corrected chi connectivity index (χ0v) is 14.3. The zero-order chi connectivity index (χ0) is 13.4. The van der Waals surface area contributed by atoms with Crippen molar-refractivity contribution in [3.8, 4) is 5.75 Å². The van der Waals surface area contributed by atoms with Gasteiger partial charge in [0.2, 0.25) is 5.78 Å². The number of hydrogen-bond donors (Lipinski definition) is 0. The number of carbonyl (C=O) groups excluding carboxylic acids is 2. The first-order chi connectivity index (χ1) is 8.63. The summed E-state index contributed by atoms with van der Waals surface area (Å²) in [5, 5.41) is 10.2. The Morgan fingerprint density at radius 1 is 1.26 bits per heavy atom. The maximum Gasteiger partial charge on any atom is 1.00 e. The smallest absolute Gasteiger partial charge is 0.541 e. The van der Waals surface area contributed by atoms with Crippen molar-refractivity contribution >= 4 is 17.8 Å². The van der Waals surface area contributed by atoms with E-state index in [1.165, 1.54) is 6.08 Å². The summed E-state index contributed by atoms with van der Waals surface area (Å²) in [7, 11) is 0. The number of hydrogen-bond acceptors (Lipinski definition) is 4. The molecule has 0 fully saturated rings. The number of rotatable bonds is 7. The van der Waals surface area contributed by atoms with Crippen molar-refractivity contribution in [3.63, 3.8) is 0 Å². The van der Waals surface area contributed by atoms with Crippen LogP contribution in [-0.4, -0.2) is 18.4 Å². The summed E-state index contributed by atoms with van der Waals surface area (Å²) in [5.74, 6) is -1.99.